The first-order valence-electron chi connectivity index (χ1n) is 16.4. The fraction of sp³-hybridized carbons (Fsp3) is 0.325. The van der Waals surface area contributed by atoms with Crippen molar-refractivity contribution in [2.45, 2.75) is 51.4 Å². The maximum atomic E-state index is 12.8. The van der Waals surface area contributed by atoms with Crippen LogP contribution in [0.5, 0.6) is 11.5 Å². The van der Waals surface area contributed by atoms with Crippen LogP contribution in [0.1, 0.15) is 67.3 Å². The van der Waals surface area contributed by atoms with E-state index in [1.54, 1.807) is 12.2 Å². The Labute approximate surface area is 283 Å². The molecule has 0 heterocycles. The zero-order valence-corrected chi connectivity index (χ0v) is 27.6. The Morgan fingerprint density at radius 1 is 0.625 bits per heavy atom. The lowest BCUT2D eigenvalue weighted by molar-refractivity contribution is -0.140. The van der Waals surface area contributed by atoms with E-state index in [4.69, 9.17) is 24.1 Å². The molecule has 254 valence electrons. The van der Waals surface area contributed by atoms with E-state index >= 15 is 0 Å². The average molecular weight is 655 g/mol. The molecular formula is C40H46O8. The summed E-state index contributed by atoms with van der Waals surface area (Å²) in [6, 6.07) is 23.1. The zero-order valence-electron chi connectivity index (χ0n) is 27.6. The van der Waals surface area contributed by atoms with Gasteiger partial charge in [-0.25, -0.2) is 9.59 Å². The quantitative estimate of drug-likeness (QED) is 0.0475. The molecule has 0 fully saturated rings. The lowest BCUT2D eigenvalue weighted by atomic mass is 10.0. The van der Waals surface area contributed by atoms with Crippen LogP contribution in [0, 0.1) is 0 Å². The Bertz CT molecular complexity index is 1470. The van der Waals surface area contributed by atoms with Gasteiger partial charge in [0.15, 0.2) is 5.78 Å². The van der Waals surface area contributed by atoms with Crippen LogP contribution < -0.4 is 9.47 Å². The maximum Gasteiger partial charge on any atom is 0.335 e. The molecule has 0 spiro atoms. The van der Waals surface area contributed by atoms with Gasteiger partial charge in [0.05, 0.1) is 38.6 Å². The standard InChI is InChI=1S/C40H46O8/c1-3-39(43)47-28-10-6-4-8-27-46-37-23-19-34(20-24-37)33-15-17-35(18-16-33)38(42)25-14-32-12-21-36(22-13-32)45-26-9-5-7-11-29-48-40(44)31(2)30-41/h3,12-25,41H,1-2,4-11,26-30H2/b25-14+. The topological polar surface area (TPSA) is 108 Å². The van der Waals surface area contributed by atoms with Gasteiger partial charge in [0.2, 0.25) is 0 Å². The highest BCUT2D eigenvalue weighted by Gasteiger charge is 2.07. The van der Waals surface area contributed by atoms with Gasteiger partial charge in [0, 0.05) is 11.6 Å². The molecule has 3 rings (SSSR count). The molecule has 0 bridgehead atoms. The summed E-state index contributed by atoms with van der Waals surface area (Å²) >= 11 is 0. The SMILES string of the molecule is C=CC(=O)OCCCCCCOc1ccc(-c2ccc(C(=O)/C=C/c3ccc(OCCCCCCOC(=O)C(=C)CO)cc3)cc2)cc1. The summed E-state index contributed by atoms with van der Waals surface area (Å²) in [5, 5.41) is 8.85. The maximum absolute atomic E-state index is 12.8. The summed E-state index contributed by atoms with van der Waals surface area (Å²) in [6.45, 7) is 8.38. The molecule has 0 amide bonds. The minimum atomic E-state index is -0.550. The highest BCUT2D eigenvalue weighted by Crippen LogP contribution is 2.23. The van der Waals surface area contributed by atoms with Gasteiger partial charge in [-0.1, -0.05) is 67.8 Å². The number of aliphatic hydroxyl groups excluding tert-OH is 1. The van der Waals surface area contributed by atoms with E-state index in [9.17, 15) is 14.4 Å². The number of ketones is 1. The third kappa shape index (κ3) is 14.2. The molecule has 0 aliphatic heterocycles. The van der Waals surface area contributed by atoms with Crippen molar-refractivity contribution in [3.8, 4) is 22.6 Å². The zero-order chi connectivity index (χ0) is 34.4. The normalized spacial score (nSPS) is 10.8. The lowest BCUT2D eigenvalue weighted by Gasteiger charge is -2.08. The van der Waals surface area contributed by atoms with Crippen molar-refractivity contribution >= 4 is 23.8 Å². The van der Waals surface area contributed by atoms with E-state index in [-0.39, 0.29) is 23.9 Å². The number of allylic oxidation sites excluding steroid dienone is 1. The Balaban J connectivity index is 1.32. The number of esters is 2. The van der Waals surface area contributed by atoms with Crippen LogP contribution in [-0.4, -0.2) is 55.9 Å². The number of aliphatic hydroxyl groups is 1. The summed E-state index contributed by atoms with van der Waals surface area (Å²) in [6.07, 6.45) is 11.8. The van der Waals surface area contributed by atoms with Gasteiger partial charge in [-0.15, -0.1) is 0 Å². The molecule has 0 unspecified atom stereocenters. The molecule has 0 aliphatic rings. The summed E-state index contributed by atoms with van der Waals surface area (Å²) in [7, 11) is 0. The Kier molecular flexibility index (Phi) is 17.0. The fourth-order valence-corrected chi connectivity index (χ4v) is 4.57. The Morgan fingerprint density at radius 3 is 1.62 bits per heavy atom. The van der Waals surface area contributed by atoms with Gasteiger partial charge in [-0.2, -0.15) is 0 Å². The van der Waals surface area contributed by atoms with Crippen LogP contribution in [0.4, 0.5) is 0 Å². The lowest BCUT2D eigenvalue weighted by Crippen LogP contribution is -2.10. The molecule has 3 aromatic carbocycles. The van der Waals surface area contributed by atoms with Gasteiger partial charge in [0.25, 0.3) is 0 Å². The summed E-state index contributed by atoms with van der Waals surface area (Å²) in [5.74, 6) is 0.576. The van der Waals surface area contributed by atoms with Gasteiger partial charge in [0.1, 0.15) is 11.5 Å². The van der Waals surface area contributed by atoms with Crippen LogP contribution in [0.3, 0.4) is 0 Å². The largest absolute Gasteiger partial charge is 0.494 e. The summed E-state index contributed by atoms with van der Waals surface area (Å²) in [5.41, 5.74) is 3.64. The molecule has 0 aliphatic carbocycles. The smallest absolute Gasteiger partial charge is 0.335 e. The number of hydrogen-bond donors (Lipinski definition) is 1. The van der Waals surface area contributed by atoms with Crippen molar-refractivity contribution in [2.24, 2.45) is 0 Å². The molecule has 0 saturated heterocycles. The van der Waals surface area contributed by atoms with Crippen molar-refractivity contribution in [3.05, 3.63) is 115 Å². The molecule has 0 radical (unpaired) electrons. The molecule has 8 nitrogen and oxygen atoms in total. The number of carbonyl (C=O) groups excluding carboxylic acids is 3. The molecule has 0 saturated carbocycles. The van der Waals surface area contributed by atoms with Crippen LogP contribution in [0.25, 0.3) is 17.2 Å². The molecule has 8 heteroatoms. The predicted octanol–water partition coefficient (Wildman–Crippen LogP) is 7.95. The Morgan fingerprint density at radius 2 is 1.10 bits per heavy atom. The van der Waals surface area contributed by atoms with E-state index in [2.05, 4.69) is 13.2 Å². The van der Waals surface area contributed by atoms with Crippen LogP contribution in [0.15, 0.2) is 104 Å². The van der Waals surface area contributed by atoms with Gasteiger partial charge < -0.3 is 24.1 Å². The van der Waals surface area contributed by atoms with E-state index in [1.807, 2.05) is 72.8 Å². The molecule has 1 N–H and O–H groups in total. The van der Waals surface area contributed by atoms with Crippen molar-refractivity contribution in [1.29, 1.82) is 0 Å². The van der Waals surface area contributed by atoms with Crippen molar-refractivity contribution in [3.63, 3.8) is 0 Å². The molecule has 48 heavy (non-hydrogen) atoms. The fourth-order valence-electron chi connectivity index (χ4n) is 4.57. The monoisotopic (exact) mass is 654 g/mol. The second-order valence-electron chi connectivity index (χ2n) is 11.2. The van der Waals surface area contributed by atoms with Crippen molar-refractivity contribution in [2.75, 3.05) is 33.0 Å². The molecule has 0 atom stereocenters. The van der Waals surface area contributed by atoms with E-state index in [1.165, 1.54) is 6.08 Å². The van der Waals surface area contributed by atoms with Crippen molar-refractivity contribution in [1.82, 2.24) is 0 Å². The average Bonchev–Trinajstić information content (AvgIpc) is 3.12. The number of benzene rings is 3. The van der Waals surface area contributed by atoms with E-state index < -0.39 is 5.97 Å². The molecular weight excluding hydrogens is 608 g/mol. The third-order valence-corrected chi connectivity index (χ3v) is 7.40. The highest BCUT2D eigenvalue weighted by molar-refractivity contribution is 6.07. The third-order valence-electron chi connectivity index (χ3n) is 7.40. The molecule has 3 aromatic rings. The summed E-state index contributed by atoms with van der Waals surface area (Å²) in [4.78, 5) is 35.2. The van der Waals surface area contributed by atoms with Crippen molar-refractivity contribution < 1.29 is 38.4 Å². The van der Waals surface area contributed by atoms with Crippen LogP contribution >= 0.6 is 0 Å². The van der Waals surface area contributed by atoms with Gasteiger partial charge >= 0.3 is 11.9 Å². The number of rotatable bonds is 23. The van der Waals surface area contributed by atoms with Crippen LogP contribution in [0.2, 0.25) is 0 Å². The number of hydrogen-bond acceptors (Lipinski definition) is 8. The summed E-state index contributed by atoms with van der Waals surface area (Å²) < 4.78 is 21.7. The number of carbonyl (C=O) groups is 3. The van der Waals surface area contributed by atoms with E-state index in [0.29, 0.717) is 32.0 Å². The highest BCUT2D eigenvalue weighted by atomic mass is 16.5. The van der Waals surface area contributed by atoms with Gasteiger partial charge in [-0.05, 0) is 98.4 Å². The minimum Gasteiger partial charge on any atom is -0.494 e. The second kappa shape index (κ2) is 21.8. The molecule has 0 aromatic heterocycles. The number of unbranched alkanes of at least 4 members (excludes halogenated alkanes) is 6. The second-order valence-corrected chi connectivity index (χ2v) is 11.2. The van der Waals surface area contributed by atoms with Crippen LogP contribution in [-0.2, 0) is 19.1 Å². The first-order valence-corrected chi connectivity index (χ1v) is 16.4. The first kappa shape index (κ1) is 37.5. The Hall–Kier alpha value is -4.95. The first-order chi connectivity index (χ1) is 23.4. The number of ether oxygens (including phenoxy) is 4. The minimum absolute atomic E-state index is 0.0660. The van der Waals surface area contributed by atoms with Gasteiger partial charge in [-0.3, -0.25) is 4.79 Å². The van der Waals surface area contributed by atoms with E-state index in [0.717, 1.165) is 79.6 Å². The predicted molar refractivity (Wildman–Crippen MR) is 188 cm³/mol.